The van der Waals surface area contributed by atoms with Crippen molar-refractivity contribution in [1.82, 2.24) is 10.2 Å². The zero-order chi connectivity index (χ0) is 8.85. The van der Waals surface area contributed by atoms with Gasteiger partial charge < -0.3 is 10.2 Å². The SMILES string of the molecule is C=C(Cl)CNCC(=O)N(C)C. The summed E-state index contributed by atoms with van der Waals surface area (Å²) in [6.45, 7) is 4.25. The Hall–Kier alpha value is -0.540. The highest BCUT2D eigenvalue weighted by atomic mass is 35.5. The minimum atomic E-state index is 0.0305. The Labute approximate surface area is 72.0 Å². The van der Waals surface area contributed by atoms with Crippen LogP contribution in [0.3, 0.4) is 0 Å². The highest BCUT2D eigenvalue weighted by molar-refractivity contribution is 6.29. The van der Waals surface area contributed by atoms with E-state index in [0.29, 0.717) is 18.1 Å². The zero-order valence-corrected chi connectivity index (χ0v) is 7.61. The lowest BCUT2D eigenvalue weighted by atomic mass is 10.5. The van der Waals surface area contributed by atoms with Crippen LogP contribution in [0.15, 0.2) is 11.6 Å². The predicted octanol–water partition coefficient (Wildman–Crippen LogP) is 0.417. The summed E-state index contributed by atoms with van der Waals surface area (Å²) < 4.78 is 0. The molecule has 4 heteroatoms. The Kier molecular flexibility index (Phi) is 4.90. The highest BCUT2D eigenvalue weighted by Crippen LogP contribution is 1.91. The second kappa shape index (κ2) is 5.16. The van der Waals surface area contributed by atoms with Crippen molar-refractivity contribution in [2.75, 3.05) is 27.2 Å². The molecule has 0 spiro atoms. The molecule has 0 aliphatic heterocycles. The van der Waals surface area contributed by atoms with Gasteiger partial charge in [-0.25, -0.2) is 0 Å². The second-order valence-electron chi connectivity index (χ2n) is 2.41. The Morgan fingerprint density at radius 2 is 2.09 bits per heavy atom. The second-order valence-corrected chi connectivity index (χ2v) is 2.94. The number of hydrogen-bond donors (Lipinski definition) is 1. The summed E-state index contributed by atoms with van der Waals surface area (Å²) in [4.78, 5) is 12.4. The number of rotatable bonds is 4. The number of amides is 1. The monoisotopic (exact) mass is 176 g/mol. The molecule has 0 aliphatic carbocycles. The quantitative estimate of drug-likeness (QED) is 0.674. The normalized spacial score (nSPS) is 9.36. The van der Waals surface area contributed by atoms with Crippen LogP contribution in [0.5, 0.6) is 0 Å². The van der Waals surface area contributed by atoms with Gasteiger partial charge in [-0.1, -0.05) is 18.2 Å². The topological polar surface area (TPSA) is 32.3 Å². The van der Waals surface area contributed by atoms with Gasteiger partial charge in [0.2, 0.25) is 5.91 Å². The molecule has 11 heavy (non-hydrogen) atoms. The van der Waals surface area contributed by atoms with Gasteiger partial charge in [0.15, 0.2) is 0 Å². The Morgan fingerprint density at radius 1 is 1.55 bits per heavy atom. The summed E-state index contributed by atoms with van der Waals surface area (Å²) >= 11 is 5.46. The summed E-state index contributed by atoms with van der Waals surface area (Å²) in [5, 5.41) is 3.35. The average Bonchev–Trinajstić information content (AvgIpc) is 1.86. The summed E-state index contributed by atoms with van der Waals surface area (Å²) in [6.07, 6.45) is 0. The molecule has 0 aliphatic rings. The number of hydrogen-bond acceptors (Lipinski definition) is 2. The van der Waals surface area contributed by atoms with E-state index >= 15 is 0 Å². The molecule has 0 aromatic rings. The molecule has 0 saturated carbocycles. The minimum absolute atomic E-state index is 0.0305. The predicted molar refractivity (Wildman–Crippen MR) is 46.6 cm³/mol. The van der Waals surface area contributed by atoms with E-state index in [4.69, 9.17) is 11.6 Å². The van der Waals surface area contributed by atoms with Crippen LogP contribution in [0.1, 0.15) is 0 Å². The van der Waals surface area contributed by atoms with Crippen molar-refractivity contribution >= 4 is 17.5 Å². The number of carbonyl (C=O) groups excluding carboxylic acids is 1. The molecule has 0 rings (SSSR count). The van der Waals surface area contributed by atoms with Gasteiger partial charge >= 0.3 is 0 Å². The van der Waals surface area contributed by atoms with E-state index in [9.17, 15) is 4.79 Å². The fourth-order valence-corrected chi connectivity index (χ4v) is 0.558. The van der Waals surface area contributed by atoms with Gasteiger partial charge in [-0.2, -0.15) is 0 Å². The molecule has 0 radical (unpaired) electrons. The molecule has 1 N–H and O–H groups in total. The van der Waals surface area contributed by atoms with Gasteiger partial charge in [-0.15, -0.1) is 0 Å². The Morgan fingerprint density at radius 3 is 2.45 bits per heavy atom. The van der Waals surface area contributed by atoms with Crippen molar-refractivity contribution in [2.24, 2.45) is 0 Å². The molecule has 3 nitrogen and oxygen atoms in total. The summed E-state index contributed by atoms with van der Waals surface area (Å²) in [5.41, 5.74) is 0. The first kappa shape index (κ1) is 10.5. The maximum Gasteiger partial charge on any atom is 0.236 e. The largest absolute Gasteiger partial charge is 0.348 e. The Bertz CT molecular complexity index is 157. The number of nitrogens with zero attached hydrogens (tertiary/aromatic N) is 1. The standard InChI is InChI=1S/C7H13ClN2O/c1-6(8)4-9-5-7(11)10(2)3/h9H,1,4-5H2,2-3H3. The van der Waals surface area contributed by atoms with Crippen molar-refractivity contribution in [1.29, 1.82) is 0 Å². The third-order valence-electron chi connectivity index (χ3n) is 1.09. The molecule has 0 fully saturated rings. The molecule has 0 heterocycles. The fourth-order valence-electron chi connectivity index (χ4n) is 0.463. The molecule has 0 unspecified atom stereocenters. The van der Waals surface area contributed by atoms with Gasteiger partial charge in [-0.3, -0.25) is 4.79 Å². The summed E-state index contributed by atoms with van der Waals surface area (Å²) in [5.74, 6) is 0.0305. The first-order valence-corrected chi connectivity index (χ1v) is 3.66. The molecule has 0 saturated heterocycles. The van der Waals surface area contributed by atoms with Crippen molar-refractivity contribution in [3.8, 4) is 0 Å². The number of halogens is 1. The first-order chi connectivity index (χ1) is 5.04. The van der Waals surface area contributed by atoms with Gasteiger partial charge in [0.1, 0.15) is 0 Å². The van der Waals surface area contributed by atoms with Gasteiger partial charge in [0.25, 0.3) is 0 Å². The van der Waals surface area contributed by atoms with Gasteiger partial charge in [0, 0.05) is 25.7 Å². The average molecular weight is 177 g/mol. The van der Waals surface area contributed by atoms with E-state index in [-0.39, 0.29) is 5.91 Å². The van der Waals surface area contributed by atoms with Crippen molar-refractivity contribution in [3.63, 3.8) is 0 Å². The maximum absolute atomic E-state index is 10.9. The minimum Gasteiger partial charge on any atom is -0.348 e. The molecule has 0 atom stereocenters. The van der Waals surface area contributed by atoms with Crippen LogP contribution >= 0.6 is 11.6 Å². The summed E-state index contributed by atoms with van der Waals surface area (Å²) in [6, 6.07) is 0. The third kappa shape index (κ3) is 5.88. The lowest BCUT2D eigenvalue weighted by molar-refractivity contribution is -0.127. The van der Waals surface area contributed by atoms with Crippen LogP contribution in [-0.2, 0) is 4.79 Å². The van der Waals surface area contributed by atoms with Crippen LogP contribution in [0, 0.1) is 0 Å². The molecular formula is C7H13ClN2O. The molecule has 0 bridgehead atoms. The zero-order valence-electron chi connectivity index (χ0n) is 6.85. The molecule has 0 aromatic heterocycles. The van der Waals surface area contributed by atoms with E-state index in [1.807, 2.05) is 0 Å². The fraction of sp³-hybridized carbons (Fsp3) is 0.571. The van der Waals surface area contributed by atoms with Crippen molar-refractivity contribution in [2.45, 2.75) is 0 Å². The van der Waals surface area contributed by atoms with E-state index in [0.717, 1.165) is 0 Å². The number of carbonyl (C=O) groups is 1. The molecule has 1 amide bonds. The Balaban J connectivity index is 3.39. The smallest absolute Gasteiger partial charge is 0.236 e. The van der Waals surface area contributed by atoms with Crippen molar-refractivity contribution < 1.29 is 4.79 Å². The van der Waals surface area contributed by atoms with Gasteiger partial charge in [-0.05, 0) is 0 Å². The van der Waals surface area contributed by atoms with Gasteiger partial charge in [0.05, 0.1) is 6.54 Å². The highest BCUT2D eigenvalue weighted by Gasteiger charge is 2.01. The lowest BCUT2D eigenvalue weighted by Gasteiger charge is -2.09. The van der Waals surface area contributed by atoms with E-state index in [1.165, 1.54) is 4.90 Å². The van der Waals surface area contributed by atoms with E-state index < -0.39 is 0 Å². The lowest BCUT2D eigenvalue weighted by Crippen LogP contribution is -2.33. The first-order valence-electron chi connectivity index (χ1n) is 3.28. The number of nitrogens with one attached hydrogen (secondary N) is 1. The maximum atomic E-state index is 10.9. The molecule has 64 valence electrons. The van der Waals surface area contributed by atoms with Crippen LogP contribution in [0.2, 0.25) is 0 Å². The van der Waals surface area contributed by atoms with Crippen LogP contribution in [0.4, 0.5) is 0 Å². The molecular weight excluding hydrogens is 164 g/mol. The van der Waals surface area contributed by atoms with Crippen LogP contribution < -0.4 is 5.32 Å². The summed E-state index contributed by atoms with van der Waals surface area (Å²) in [7, 11) is 3.42. The van der Waals surface area contributed by atoms with E-state index in [2.05, 4.69) is 11.9 Å². The van der Waals surface area contributed by atoms with E-state index in [1.54, 1.807) is 14.1 Å². The van der Waals surface area contributed by atoms with Crippen LogP contribution in [0.25, 0.3) is 0 Å². The van der Waals surface area contributed by atoms with Crippen molar-refractivity contribution in [3.05, 3.63) is 11.6 Å². The third-order valence-corrected chi connectivity index (χ3v) is 1.23. The number of likely N-dealkylation sites (N-methyl/N-ethyl adjacent to an activating group) is 1. The van der Waals surface area contributed by atoms with Crippen LogP contribution in [-0.4, -0.2) is 38.0 Å². The molecule has 0 aromatic carbocycles.